The van der Waals surface area contributed by atoms with Crippen molar-refractivity contribution in [3.8, 4) is 12.8 Å². The summed E-state index contributed by atoms with van der Waals surface area (Å²) in [6.07, 6.45) is 11.8. The minimum atomic E-state index is -0.0686. The van der Waals surface area contributed by atoms with Crippen LogP contribution in [0, 0.1) is 12.8 Å². The number of alkyl halides is 1. The molecular formula is C19H27Br2NO2. The zero-order valence-electron chi connectivity index (χ0n) is 15.1. The van der Waals surface area contributed by atoms with Crippen LogP contribution >= 0.6 is 31.9 Å². The Kier molecular flexibility index (Phi) is 20.9. The van der Waals surface area contributed by atoms with Crippen LogP contribution in [0.15, 0.2) is 40.5 Å². The van der Waals surface area contributed by atoms with Gasteiger partial charge in [-0.15, -0.1) is 19.4 Å². The van der Waals surface area contributed by atoms with E-state index >= 15 is 0 Å². The lowest BCUT2D eigenvalue weighted by atomic mass is 10.0. The first-order chi connectivity index (χ1) is 11.4. The van der Waals surface area contributed by atoms with Gasteiger partial charge >= 0.3 is 0 Å². The van der Waals surface area contributed by atoms with Crippen LogP contribution in [0.25, 0.3) is 0 Å². The number of hydrogen-bond acceptors (Lipinski definition) is 3. The molecule has 1 heterocycles. The standard InChI is InChI=1S/C13H16BrNO2.C3H6.C2H2.CH3Br/c1-8(2)9(3)13(17)12-10(4-5-16)6-11(14)7-15-12;1-3-2;2*1-2/h6-7,16H,4-5H2,1-3H3;3H,1H2,2H3;1-2H;1H3. The Balaban J connectivity index is -0.000000549. The molecule has 134 valence electrons. The van der Waals surface area contributed by atoms with E-state index < -0.39 is 0 Å². The summed E-state index contributed by atoms with van der Waals surface area (Å²) in [5.41, 5.74) is 2.89. The Hall–Kier alpha value is -1.22. The first-order valence-corrected chi connectivity index (χ1v) is 9.49. The number of halogens is 2. The van der Waals surface area contributed by atoms with Crippen LogP contribution in [0.2, 0.25) is 0 Å². The molecule has 3 nitrogen and oxygen atoms in total. The summed E-state index contributed by atoms with van der Waals surface area (Å²) in [6, 6.07) is 1.83. The molecule has 0 aromatic carbocycles. The number of nitrogens with zero attached hydrogens (tertiary/aromatic N) is 1. The second kappa shape index (κ2) is 18.1. The van der Waals surface area contributed by atoms with E-state index in [0.29, 0.717) is 17.7 Å². The fourth-order valence-electron chi connectivity index (χ4n) is 1.40. The van der Waals surface area contributed by atoms with Crippen LogP contribution in [0.5, 0.6) is 0 Å². The van der Waals surface area contributed by atoms with E-state index in [1.165, 1.54) is 0 Å². The Bertz CT molecular complexity index is 546. The lowest BCUT2D eigenvalue weighted by molar-refractivity contribution is 0.102. The molecule has 0 fully saturated rings. The summed E-state index contributed by atoms with van der Waals surface area (Å²) in [7, 11) is 0. The fraction of sp³-hybridized carbons (Fsp3) is 0.368. The molecule has 1 aromatic rings. The molecule has 0 atom stereocenters. The predicted molar refractivity (Wildman–Crippen MR) is 112 cm³/mol. The number of ketones is 1. The minimum Gasteiger partial charge on any atom is -0.396 e. The van der Waals surface area contributed by atoms with Crippen LogP contribution in [-0.2, 0) is 6.42 Å². The maximum atomic E-state index is 12.2. The Morgan fingerprint density at radius 2 is 1.79 bits per heavy atom. The van der Waals surface area contributed by atoms with E-state index in [1.807, 2.05) is 32.7 Å². The molecule has 0 unspecified atom stereocenters. The average molecular weight is 461 g/mol. The van der Waals surface area contributed by atoms with Gasteiger partial charge in [0.15, 0.2) is 0 Å². The monoisotopic (exact) mass is 459 g/mol. The lowest BCUT2D eigenvalue weighted by Gasteiger charge is -2.08. The maximum absolute atomic E-state index is 12.2. The van der Waals surface area contributed by atoms with Gasteiger partial charge in [-0.05, 0) is 73.1 Å². The highest BCUT2D eigenvalue weighted by Crippen LogP contribution is 2.18. The summed E-state index contributed by atoms with van der Waals surface area (Å²) in [6.45, 7) is 10.9. The van der Waals surface area contributed by atoms with Gasteiger partial charge in [-0.1, -0.05) is 27.6 Å². The minimum absolute atomic E-state index is 0.00623. The Labute approximate surface area is 163 Å². The highest BCUT2D eigenvalue weighted by Gasteiger charge is 2.15. The molecule has 0 aliphatic carbocycles. The molecule has 0 aliphatic heterocycles. The van der Waals surface area contributed by atoms with Crippen molar-refractivity contribution in [2.45, 2.75) is 34.1 Å². The third-order valence-corrected chi connectivity index (χ3v) is 3.05. The summed E-state index contributed by atoms with van der Waals surface area (Å²) >= 11 is 6.25. The van der Waals surface area contributed by atoms with Crippen molar-refractivity contribution in [3.05, 3.63) is 51.8 Å². The average Bonchev–Trinajstić information content (AvgIpc) is 2.58. The van der Waals surface area contributed by atoms with E-state index in [-0.39, 0.29) is 12.4 Å². The smallest absolute Gasteiger partial charge is 0.207 e. The SMILES string of the molecule is C#C.C=CC.CBr.CC(C)=C(C)C(=O)c1ncc(Br)cc1CCO. The van der Waals surface area contributed by atoms with Gasteiger partial charge in [0.2, 0.25) is 5.78 Å². The number of aliphatic hydroxyl groups is 1. The zero-order valence-corrected chi connectivity index (χ0v) is 18.2. The molecule has 24 heavy (non-hydrogen) atoms. The van der Waals surface area contributed by atoms with Crippen LogP contribution in [0.1, 0.15) is 43.7 Å². The molecular weight excluding hydrogens is 434 g/mol. The van der Waals surface area contributed by atoms with Crippen molar-refractivity contribution in [1.82, 2.24) is 4.98 Å². The van der Waals surface area contributed by atoms with Gasteiger partial charge in [0.25, 0.3) is 0 Å². The number of Topliss-reactive ketones (excluding diaryl/α,β-unsaturated/α-hetero) is 1. The van der Waals surface area contributed by atoms with E-state index in [4.69, 9.17) is 5.11 Å². The second-order valence-electron chi connectivity index (χ2n) is 4.50. The molecule has 0 bridgehead atoms. The molecule has 0 saturated carbocycles. The number of terminal acetylenes is 1. The number of allylic oxidation sites excluding steroid dienone is 3. The quantitative estimate of drug-likeness (QED) is 0.216. The van der Waals surface area contributed by atoms with Crippen LogP contribution < -0.4 is 0 Å². The van der Waals surface area contributed by atoms with Crippen molar-refractivity contribution >= 4 is 37.6 Å². The fourth-order valence-corrected chi connectivity index (χ4v) is 1.78. The number of aromatic nitrogens is 1. The number of carbonyl (C=O) groups is 1. The van der Waals surface area contributed by atoms with E-state index in [9.17, 15) is 4.79 Å². The molecule has 0 aliphatic rings. The molecule has 0 amide bonds. The van der Waals surface area contributed by atoms with Crippen LogP contribution in [-0.4, -0.2) is 28.3 Å². The van der Waals surface area contributed by atoms with Gasteiger partial charge in [0, 0.05) is 17.3 Å². The summed E-state index contributed by atoms with van der Waals surface area (Å²) in [4.78, 5) is 16.3. The van der Waals surface area contributed by atoms with Gasteiger partial charge in [-0.25, -0.2) is 0 Å². The van der Waals surface area contributed by atoms with Crippen molar-refractivity contribution < 1.29 is 9.90 Å². The van der Waals surface area contributed by atoms with Crippen molar-refractivity contribution in [2.24, 2.45) is 0 Å². The van der Waals surface area contributed by atoms with E-state index in [0.717, 1.165) is 15.6 Å². The van der Waals surface area contributed by atoms with Crippen LogP contribution in [0.3, 0.4) is 0 Å². The van der Waals surface area contributed by atoms with Gasteiger partial charge in [0.05, 0.1) is 0 Å². The van der Waals surface area contributed by atoms with Crippen molar-refractivity contribution in [3.63, 3.8) is 0 Å². The van der Waals surface area contributed by atoms with Gasteiger partial charge in [-0.3, -0.25) is 9.78 Å². The van der Waals surface area contributed by atoms with E-state index in [2.05, 4.69) is 56.3 Å². The topological polar surface area (TPSA) is 50.2 Å². The predicted octanol–water partition coefficient (Wildman–Crippen LogP) is 5.37. The maximum Gasteiger partial charge on any atom is 0.207 e. The molecule has 1 aromatic heterocycles. The second-order valence-corrected chi connectivity index (χ2v) is 5.41. The highest BCUT2D eigenvalue weighted by atomic mass is 79.9. The van der Waals surface area contributed by atoms with Gasteiger partial charge < -0.3 is 5.11 Å². The number of rotatable bonds is 4. The number of aliphatic hydroxyl groups excluding tert-OH is 1. The Morgan fingerprint density at radius 1 is 1.33 bits per heavy atom. The molecule has 1 rings (SSSR count). The largest absolute Gasteiger partial charge is 0.396 e. The number of hydrogen-bond donors (Lipinski definition) is 1. The third-order valence-electron chi connectivity index (χ3n) is 2.62. The summed E-state index contributed by atoms with van der Waals surface area (Å²) < 4.78 is 0.812. The van der Waals surface area contributed by atoms with Crippen molar-refractivity contribution in [2.75, 3.05) is 12.4 Å². The normalized spacial score (nSPS) is 8.08. The van der Waals surface area contributed by atoms with Gasteiger partial charge in [0.1, 0.15) is 5.69 Å². The van der Waals surface area contributed by atoms with Crippen molar-refractivity contribution in [1.29, 1.82) is 0 Å². The van der Waals surface area contributed by atoms with Gasteiger partial charge in [-0.2, -0.15) is 0 Å². The van der Waals surface area contributed by atoms with E-state index in [1.54, 1.807) is 19.2 Å². The molecule has 0 saturated heterocycles. The number of pyridine rings is 1. The van der Waals surface area contributed by atoms with Crippen LogP contribution in [0.4, 0.5) is 0 Å². The summed E-state index contributed by atoms with van der Waals surface area (Å²) in [5, 5.41) is 9.00. The molecule has 0 spiro atoms. The zero-order chi connectivity index (χ0) is 19.7. The lowest BCUT2D eigenvalue weighted by Crippen LogP contribution is -2.10. The molecule has 5 heteroatoms. The first-order valence-electron chi connectivity index (χ1n) is 7.11. The highest BCUT2D eigenvalue weighted by molar-refractivity contribution is 9.10. The number of carbonyl (C=O) groups excluding carboxylic acids is 1. The Morgan fingerprint density at radius 3 is 2.17 bits per heavy atom. The summed E-state index contributed by atoms with van der Waals surface area (Å²) in [5.74, 6) is 1.74. The molecule has 1 N–H and O–H groups in total. The first kappa shape index (κ1) is 27.6. The third kappa shape index (κ3) is 11.3. The molecule has 0 radical (unpaired) electrons.